The van der Waals surface area contributed by atoms with Crippen molar-refractivity contribution >= 4 is 35.2 Å². The van der Waals surface area contributed by atoms with Gasteiger partial charge in [-0.25, -0.2) is 0 Å². The van der Waals surface area contributed by atoms with Crippen LogP contribution in [0.2, 0.25) is 19.6 Å². The first kappa shape index (κ1) is 21.0. The van der Waals surface area contributed by atoms with Crippen LogP contribution in [0.25, 0.3) is 33.2 Å². The summed E-state index contributed by atoms with van der Waals surface area (Å²) in [5.41, 5.74) is 6.22. The van der Waals surface area contributed by atoms with Crippen molar-refractivity contribution in [1.29, 1.82) is 0 Å². The monoisotopic (exact) mass is 565 g/mol. The third-order valence-corrected chi connectivity index (χ3v) is 7.21. The molecule has 4 rings (SSSR count). The van der Waals surface area contributed by atoms with Crippen molar-refractivity contribution in [2.45, 2.75) is 46.3 Å². The molecule has 0 aliphatic heterocycles. The Hall–Kier alpha value is -1.74. The molecule has 1 radical (unpaired) electrons. The van der Waals surface area contributed by atoms with E-state index in [1.807, 2.05) is 6.20 Å². The fourth-order valence-corrected chi connectivity index (χ4v) is 5.22. The van der Waals surface area contributed by atoms with E-state index in [4.69, 9.17) is 4.42 Å². The summed E-state index contributed by atoms with van der Waals surface area (Å²) in [6, 6.07) is 16.4. The maximum Gasteiger partial charge on any atom is 0.124 e. The van der Waals surface area contributed by atoms with Gasteiger partial charge in [-0.15, -0.1) is 17.3 Å². The number of hydrogen-bond acceptors (Lipinski definition) is 2. The van der Waals surface area contributed by atoms with Gasteiger partial charge in [0, 0.05) is 39.8 Å². The van der Waals surface area contributed by atoms with E-state index in [2.05, 4.69) is 87.9 Å². The molecule has 0 saturated heterocycles. The fourth-order valence-electron chi connectivity index (χ4n) is 3.72. The Balaban J connectivity index is 0.00000225. The molecule has 0 saturated carbocycles. The minimum absolute atomic E-state index is 0. The quantitative estimate of drug-likeness (QED) is 0.212. The van der Waals surface area contributed by atoms with Gasteiger partial charge in [-0.1, -0.05) is 74.8 Å². The summed E-state index contributed by atoms with van der Waals surface area (Å²) in [5, 5.41) is 3.87. The Kier molecular flexibility index (Phi) is 5.68. The van der Waals surface area contributed by atoms with Gasteiger partial charge < -0.3 is 9.40 Å². The fraction of sp³-hybridized carbons (Fsp3) is 0.292. The number of aromatic nitrogens is 1. The molecule has 147 valence electrons. The molecule has 0 bridgehead atoms. The normalized spacial score (nSPS) is 12.0. The van der Waals surface area contributed by atoms with E-state index in [-0.39, 0.29) is 20.1 Å². The SMILES string of the molecule is Cc1ccc(-c2[c-]cc([Si](C)(C)C)c3c2oc2c(C(C)C)cccc23)nc1.[Ir]. The number of rotatable bonds is 3. The number of benzene rings is 2. The van der Waals surface area contributed by atoms with Crippen LogP contribution in [-0.2, 0) is 20.1 Å². The van der Waals surface area contributed by atoms with Crippen molar-refractivity contribution in [3.05, 3.63) is 59.8 Å². The third kappa shape index (κ3) is 3.50. The van der Waals surface area contributed by atoms with Crippen LogP contribution in [-0.4, -0.2) is 13.1 Å². The maximum absolute atomic E-state index is 6.55. The molecule has 2 aromatic carbocycles. The summed E-state index contributed by atoms with van der Waals surface area (Å²) in [6.45, 7) is 13.6. The summed E-state index contributed by atoms with van der Waals surface area (Å²) in [6.07, 6.45) is 1.91. The molecule has 0 aliphatic carbocycles. The molecule has 0 amide bonds. The van der Waals surface area contributed by atoms with Crippen molar-refractivity contribution in [3.8, 4) is 11.3 Å². The summed E-state index contributed by atoms with van der Waals surface area (Å²) in [5.74, 6) is 0.412. The predicted molar refractivity (Wildman–Crippen MR) is 118 cm³/mol. The molecule has 0 aliphatic rings. The van der Waals surface area contributed by atoms with Gasteiger partial charge >= 0.3 is 0 Å². The Morgan fingerprint density at radius 1 is 1.04 bits per heavy atom. The standard InChI is InChI=1S/C24H26NOSi.Ir/c1-15(2)17-8-7-9-19-22-21(27(4,5)6)13-11-18(24(22)26-23(17)19)20-12-10-16(3)14-25-20;/h7-10,12-15H,1-6H3;/q-1;. The molecule has 0 unspecified atom stereocenters. The molecule has 2 nitrogen and oxygen atoms in total. The van der Waals surface area contributed by atoms with E-state index < -0.39 is 8.07 Å². The van der Waals surface area contributed by atoms with Crippen molar-refractivity contribution < 1.29 is 24.5 Å². The van der Waals surface area contributed by atoms with E-state index >= 15 is 0 Å². The first-order valence-electron chi connectivity index (χ1n) is 9.60. The van der Waals surface area contributed by atoms with Gasteiger partial charge in [-0.05, 0) is 29.7 Å². The van der Waals surface area contributed by atoms with Gasteiger partial charge in [0.2, 0.25) is 0 Å². The summed E-state index contributed by atoms with van der Waals surface area (Å²) in [7, 11) is -1.57. The molecule has 4 aromatic rings. The van der Waals surface area contributed by atoms with Gasteiger partial charge in [-0.2, -0.15) is 0 Å². The Bertz CT molecular complexity index is 1140. The van der Waals surface area contributed by atoms with E-state index in [9.17, 15) is 0 Å². The Morgan fingerprint density at radius 3 is 2.39 bits per heavy atom. The van der Waals surface area contributed by atoms with Gasteiger partial charge in [0.05, 0.1) is 5.58 Å². The van der Waals surface area contributed by atoms with E-state index in [1.54, 1.807) is 0 Å². The molecular formula is C24H26IrNOSi-. The van der Waals surface area contributed by atoms with Gasteiger partial charge in [0.25, 0.3) is 0 Å². The van der Waals surface area contributed by atoms with Gasteiger partial charge in [0.1, 0.15) is 5.58 Å². The van der Waals surface area contributed by atoms with Crippen LogP contribution in [0.1, 0.15) is 30.9 Å². The van der Waals surface area contributed by atoms with E-state index in [0.717, 1.165) is 28.0 Å². The first-order chi connectivity index (χ1) is 12.8. The van der Waals surface area contributed by atoms with Crippen molar-refractivity contribution in [2.24, 2.45) is 0 Å². The molecule has 0 fully saturated rings. The number of para-hydroxylation sites is 1. The number of pyridine rings is 1. The topological polar surface area (TPSA) is 26.0 Å². The zero-order valence-electron chi connectivity index (χ0n) is 17.3. The molecule has 28 heavy (non-hydrogen) atoms. The number of aryl methyl sites for hydroxylation is 1. The largest absolute Gasteiger partial charge is 0.500 e. The molecule has 2 heterocycles. The molecule has 4 heteroatoms. The van der Waals surface area contributed by atoms with Crippen molar-refractivity contribution in [1.82, 2.24) is 4.98 Å². The van der Waals surface area contributed by atoms with E-state index in [0.29, 0.717) is 5.92 Å². The Labute approximate surface area is 181 Å². The second kappa shape index (κ2) is 7.59. The second-order valence-corrected chi connectivity index (χ2v) is 13.8. The van der Waals surface area contributed by atoms with Crippen molar-refractivity contribution in [2.75, 3.05) is 0 Å². The first-order valence-corrected chi connectivity index (χ1v) is 13.1. The zero-order valence-corrected chi connectivity index (χ0v) is 20.7. The van der Waals surface area contributed by atoms with Crippen molar-refractivity contribution in [3.63, 3.8) is 0 Å². The van der Waals surface area contributed by atoms with Crippen LogP contribution >= 0.6 is 0 Å². The maximum atomic E-state index is 6.55. The average Bonchev–Trinajstić information content (AvgIpc) is 3.00. The number of fused-ring (bicyclic) bond motifs is 3. The van der Waals surface area contributed by atoms with Crippen LogP contribution in [0.5, 0.6) is 0 Å². The summed E-state index contributed by atoms with van der Waals surface area (Å²) >= 11 is 0. The second-order valence-electron chi connectivity index (χ2n) is 8.73. The van der Waals surface area contributed by atoms with Crippen LogP contribution in [0, 0.1) is 13.0 Å². The van der Waals surface area contributed by atoms with E-state index in [1.165, 1.54) is 21.5 Å². The van der Waals surface area contributed by atoms with Gasteiger partial charge in [-0.3, -0.25) is 0 Å². The number of furan rings is 1. The van der Waals surface area contributed by atoms with Crippen LogP contribution in [0.3, 0.4) is 0 Å². The molecule has 0 N–H and O–H groups in total. The average molecular weight is 565 g/mol. The zero-order chi connectivity index (χ0) is 19.3. The molecule has 0 atom stereocenters. The Morgan fingerprint density at radius 2 is 1.79 bits per heavy atom. The van der Waals surface area contributed by atoms with Crippen LogP contribution in [0.4, 0.5) is 0 Å². The predicted octanol–water partition coefficient (Wildman–Crippen LogP) is 6.42. The number of hydrogen-bond donors (Lipinski definition) is 0. The summed E-state index contributed by atoms with van der Waals surface area (Å²) < 4.78 is 6.55. The number of nitrogens with zero attached hydrogens (tertiary/aromatic N) is 1. The minimum atomic E-state index is -1.57. The smallest absolute Gasteiger partial charge is 0.124 e. The minimum Gasteiger partial charge on any atom is -0.500 e. The van der Waals surface area contributed by atoms with Crippen LogP contribution in [0.15, 0.2) is 47.0 Å². The van der Waals surface area contributed by atoms with Crippen LogP contribution < -0.4 is 5.19 Å². The molecule has 0 spiro atoms. The van der Waals surface area contributed by atoms with Gasteiger partial charge in [0.15, 0.2) is 0 Å². The summed E-state index contributed by atoms with van der Waals surface area (Å²) in [4.78, 5) is 4.64. The third-order valence-electron chi connectivity index (χ3n) is 5.20. The molecular weight excluding hydrogens is 539 g/mol. The molecule has 2 aromatic heterocycles.